The SMILES string of the molecule is OC(c1ccc(-c2[nH]c3ncccc3c2SC2=NCC(Cl)C=C2)cc1)C(F)(F)F. The van der Waals surface area contributed by atoms with Crippen LogP contribution in [0, 0.1) is 0 Å². The average Bonchev–Trinajstić information content (AvgIpc) is 3.07. The third kappa shape index (κ3) is 4.19. The van der Waals surface area contributed by atoms with Crippen molar-refractivity contribution in [1.29, 1.82) is 0 Å². The minimum absolute atomic E-state index is 0.129. The number of aromatic amines is 1. The van der Waals surface area contributed by atoms with Crippen LogP contribution in [-0.4, -0.2) is 38.2 Å². The van der Waals surface area contributed by atoms with E-state index in [1.807, 2.05) is 24.3 Å². The van der Waals surface area contributed by atoms with E-state index in [9.17, 15) is 18.3 Å². The number of nitrogens with one attached hydrogen (secondary N) is 1. The van der Waals surface area contributed by atoms with Gasteiger partial charge in [0.15, 0.2) is 6.10 Å². The topological polar surface area (TPSA) is 61.3 Å². The molecule has 0 bridgehead atoms. The van der Waals surface area contributed by atoms with Crippen LogP contribution in [0.5, 0.6) is 0 Å². The maximum absolute atomic E-state index is 12.8. The van der Waals surface area contributed by atoms with Crippen LogP contribution < -0.4 is 0 Å². The summed E-state index contributed by atoms with van der Waals surface area (Å²) in [6.07, 6.45) is -1.83. The van der Waals surface area contributed by atoms with E-state index in [0.717, 1.165) is 21.0 Å². The number of aliphatic hydroxyl groups is 1. The number of benzene rings is 1. The van der Waals surface area contributed by atoms with Crippen LogP contribution in [-0.2, 0) is 0 Å². The van der Waals surface area contributed by atoms with E-state index in [2.05, 4.69) is 15.0 Å². The highest BCUT2D eigenvalue weighted by molar-refractivity contribution is 8.14. The summed E-state index contributed by atoms with van der Waals surface area (Å²) in [4.78, 5) is 12.9. The molecule has 4 rings (SSSR count). The lowest BCUT2D eigenvalue weighted by molar-refractivity contribution is -0.206. The number of H-pyrrole nitrogens is 1. The molecule has 0 radical (unpaired) electrons. The number of hydrogen-bond acceptors (Lipinski definition) is 4. The van der Waals surface area contributed by atoms with Crippen molar-refractivity contribution in [2.24, 2.45) is 4.99 Å². The smallest absolute Gasteiger partial charge is 0.379 e. The first-order valence-electron chi connectivity index (χ1n) is 8.69. The molecule has 2 aromatic heterocycles. The van der Waals surface area contributed by atoms with E-state index < -0.39 is 12.3 Å². The average molecular weight is 438 g/mol. The Morgan fingerprint density at radius 3 is 2.62 bits per heavy atom. The van der Waals surface area contributed by atoms with Crippen molar-refractivity contribution in [1.82, 2.24) is 9.97 Å². The minimum atomic E-state index is -4.71. The quantitative estimate of drug-likeness (QED) is 0.532. The molecule has 2 N–H and O–H groups in total. The lowest BCUT2D eigenvalue weighted by Gasteiger charge is -2.15. The Bertz CT molecular complexity index is 1090. The highest BCUT2D eigenvalue weighted by atomic mass is 35.5. The van der Waals surface area contributed by atoms with E-state index in [-0.39, 0.29) is 10.9 Å². The van der Waals surface area contributed by atoms with Crippen LogP contribution in [0.25, 0.3) is 22.3 Å². The van der Waals surface area contributed by atoms with Gasteiger partial charge in [0.25, 0.3) is 0 Å². The second-order valence-electron chi connectivity index (χ2n) is 6.45. The zero-order valence-electron chi connectivity index (χ0n) is 14.8. The summed E-state index contributed by atoms with van der Waals surface area (Å²) in [6, 6.07) is 9.39. The first-order chi connectivity index (χ1) is 13.8. The van der Waals surface area contributed by atoms with Crippen molar-refractivity contribution < 1.29 is 18.3 Å². The first kappa shape index (κ1) is 20.0. The number of alkyl halides is 4. The molecule has 29 heavy (non-hydrogen) atoms. The second kappa shape index (κ2) is 7.85. The second-order valence-corrected chi connectivity index (χ2v) is 8.04. The molecule has 0 aliphatic carbocycles. The number of fused-ring (bicyclic) bond motifs is 1. The number of dihydropyridines is 1. The number of hydrogen-bond donors (Lipinski definition) is 2. The number of thioether (sulfide) groups is 1. The van der Waals surface area contributed by atoms with Gasteiger partial charge in [-0.3, -0.25) is 4.99 Å². The van der Waals surface area contributed by atoms with Crippen molar-refractivity contribution in [2.75, 3.05) is 6.54 Å². The number of aliphatic imine (C=N–C) groups is 1. The van der Waals surface area contributed by atoms with Crippen LogP contribution in [0.1, 0.15) is 11.7 Å². The summed E-state index contributed by atoms with van der Waals surface area (Å²) in [5.41, 5.74) is 1.86. The minimum Gasteiger partial charge on any atom is -0.379 e. The van der Waals surface area contributed by atoms with Gasteiger partial charge in [-0.25, -0.2) is 4.98 Å². The van der Waals surface area contributed by atoms with Gasteiger partial charge >= 0.3 is 6.18 Å². The molecule has 0 fully saturated rings. The predicted molar refractivity (Wildman–Crippen MR) is 109 cm³/mol. The third-order valence-corrected chi connectivity index (χ3v) is 5.81. The standard InChI is InChI=1S/C20H15ClF3N3OS/c21-13-7-8-15(26-10-13)29-17-14-2-1-9-25-19(14)27-16(17)11-3-5-12(6-4-11)18(28)20(22,23)24/h1-9,13,18,28H,10H2,(H,25,27). The van der Waals surface area contributed by atoms with Crippen LogP contribution in [0.3, 0.4) is 0 Å². The first-order valence-corrected chi connectivity index (χ1v) is 9.94. The number of aliphatic hydroxyl groups excluding tert-OH is 1. The molecule has 2 unspecified atom stereocenters. The molecular weight excluding hydrogens is 423 g/mol. The van der Waals surface area contributed by atoms with Gasteiger partial charge in [0, 0.05) is 16.5 Å². The number of pyridine rings is 1. The summed E-state index contributed by atoms with van der Waals surface area (Å²) in [6.45, 7) is 0.486. The zero-order chi connectivity index (χ0) is 20.6. The summed E-state index contributed by atoms with van der Waals surface area (Å²) in [5, 5.41) is 11.0. The molecule has 2 atom stereocenters. The Morgan fingerprint density at radius 2 is 1.97 bits per heavy atom. The van der Waals surface area contributed by atoms with Gasteiger partial charge in [0.05, 0.1) is 22.7 Å². The Morgan fingerprint density at radius 1 is 1.21 bits per heavy atom. The van der Waals surface area contributed by atoms with Crippen LogP contribution in [0.4, 0.5) is 13.2 Å². The molecule has 150 valence electrons. The van der Waals surface area contributed by atoms with Gasteiger partial charge in [0.2, 0.25) is 0 Å². The summed E-state index contributed by atoms with van der Waals surface area (Å²) < 4.78 is 38.3. The molecule has 4 nitrogen and oxygen atoms in total. The van der Waals surface area contributed by atoms with Crippen molar-refractivity contribution in [3.8, 4) is 11.3 Å². The molecule has 3 heterocycles. The number of aromatic nitrogens is 2. The highest BCUT2D eigenvalue weighted by Crippen LogP contribution is 2.39. The normalized spacial score (nSPS) is 18.1. The van der Waals surface area contributed by atoms with Crippen LogP contribution in [0.15, 0.2) is 64.6 Å². The van der Waals surface area contributed by atoms with Gasteiger partial charge in [-0.05, 0) is 29.3 Å². The molecule has 3 aromatic rings. The molecule has 9 heteroatoms. The van der Waals surface area contributed by atoms with Gasteiger partial charge in [-0.15, -0.1) is 11.6 Å². The number of nitrogens with zero attached hydrogens (tertiary/aromatic N) is 2. The van der Waals surface area contributed by atoms with Gasteiger partial charge < -0.3 is 10.1 Å². The van der Waals surface area contributed by atoms with E-state index in [4.69, 9.17) is 11.6 Å². The molecule has 0 saturated carbocycles. The van der Waals surface area contributed by atoms with E-state index in [1.165, 1.54) is 23.9 Å². The van der Waals surface area contributed by atoms with E-state index in [1.54, 1.807) is 18.3 Å². The molecule has 1 aliphatic rings. The van der Waals surface area contributed by atoms with Crippen LogP contribution in [0.2, 0.25) is 0 Å². The van der Waals surface area contributed by atoms with Gasteiger partial charge in [-0.2, -0.15) is 13.2 Å². The Hall–Kier alpha value is -2.29. The van der Waals surface area contributed by atoms with Crippen molar-refractivity contribution >= 4 is 39.4 Å². The molecule has 0 amide bonds. The van der Waals surface area contributed by atoms with Crippen LogP contribution >= 0.6 is 23.4 Å². The third-order valence-electron chi connectivity index (χ3n) is 4.42. The summed E-state index contributed by atoms with van der Waals surface area (Å²) in [5.74, 6) is 0. The summed E-state index contributed by atoms with van der Waals surface area (Å²) >= 11 is 7.48. The molecular formula is C20H15ClF3N3OS. The predicted octanol–water partition coefficient (Wildman–Crippen LogP) is 5.49. The highest BCUT2D eigenvalue weighted by Gasteiger charge is 2.39. The number of halogens is 4. The fraction of sp³-hybridized carbons (Fsp3) is 0.200. The maximum Gasteiger partial charge on any atom is 0.418 e. The van der Waals surface area contributed by atoms with E-state index in [0.29, 0.717) is 17.8 Å². The Kier molecular flexibility index (Phi) is 5.42. The van der Waals surface area contributed by atoms with Gasteiger partial charge in [-0.1, -0.05) is 42.1 Å². The fourth-order valence-corrected chi connectivity index (χ4v) is 4.16. The lowest BCUT2D eigenvalue weighted by atomic mass is 10.0. The summed E-state index contributed by atoms with van der Waals surface area (Å²) in [7, 11) is 0. The van der Waals surface area contributed by atoms with Crippen molar-refractivity contribution in [3.05, 3.63) is 60.3 Å². The molecule has 1 aliphatic heterocycles. The maximum atomic E-state index is 12.8. The Labute approximate surface area is 173 Å². The molecule has 1 aromatic carbocycles. The van der Waals surface area contributed by atoms with Gasteiger partial charge in [0.1, 0.15) is 5.65 Å². The lowest BCUT2D eigenvalue weighted by Crippen LogP contribution is -2.19. The largest absolute Gasteiger partial charge is 0.418 e. The van der Waals surface area contributed by atoms with E-state index >= 15 is 0 Å². The zero-order valence-corrected chi connectivity index (χ0v) is 16.4. The van der Waals surface area contributed by atoms with Crippen molar-refractivity contribution in [3.63, 3.8) is 0 Å². The fourth-order valence-electron chi connectivity index (χ4n) is 2.98. The Balaban J connectivity index is 1.73. The molecule has 0 saturated heterocycles. The monoisotopic (exact) mass is 437 g/mol. The number of rotatable bonds is 3. The molecule has 0 spiro atoms. The van der Waals surface area contributed by atoms with Crippen molar-refractivity contribution in [2.45, 2.75) is 22.6 Å².